The number of sulfonamides is 1. The van der Waals surface area contributed by atoms with Crippen LogP contribution in [0.25, 0.3) is 33.3 Å². The standard InChI is InChI=1S/C45H49ClN10O6S/c1-45(2)13-11-31(37(24-45)29-3-5-32(46)6-4-29)28-53-16-18-54(19-17-53)33-7-9-36(40(22-33)55-41-21-30-12-14-48-43(30)51-39(41)27-50-55)44(57)52-63(60,61)35-8-10-38(42(23-35)56(58)59)49-26-34-25-47-15-20-62-34/h3-10,12,14,21-23,27,34,47,49H,11,13,15-20,24-26,28H2,1-2H3,(H,48,51)(H,52,57)/t34-/m0/s1. The lowest BCUT2D eigenvalue weighted by Gasteiger charge is -2.39. The number of allylic oxidation sites excluding steroid dienone is 1. The largest absolute Gasteiger partial charge is 0.377 e. The van der Waals surface area contributed by atoms with Crippen LogP contribution in [0, 0.1) is 15.5 Å². The quantitative estimate of drug-likeness (QED) is 0.0746. The summed E-state index contributed by atoms with van der Waals surface area (Å²) in [4.78, 5) is 37.8. The molecule has 2 aliphatic heterocycles. The van der Waals surface area contributed by atoms with Crippen molar-refractivity contribution in [3.63, 3.8) is 0 Å². The molecule has 6 aromatic rings. The van der Waals surface area contributed by atoms with Crippen molar-refractivity contribution < 1.29 is 22.9 Å². The summed E-state index contributed by atoms with van der Waals surface area (Å²) in [7, 11) is -4.58. The van der Waals surface area contributed by atoms with Gasteiger partial charge in [0.25, 0.3) is 21.6 Å². The molecule has 5 heterocycles. The third-order valence-corrected chi connectivity index (χ3v) is 13.9. The van der Waals surface area contributed by atoms with Crippen LogP contribution in [0.5, 0.6) is 0 Å². The predicted molar refractivity (Wildman–Crippen MR) is 244 cm³/mol. The second-order valence-corrected chi connectivity index (χ2v) is 19.3. The molecule has 1 atom stereocenters. The zero-order valence-electron chi connectivity index (χ0n) is 35.1. The minimum atomic E-state index is -4.58. The number of nitrogens with zero attached hydrogens (tertiary/aromatic N) is 6. The molecule has 0 radical (unpaired) electrons. The summed E-state index contributed by atoms with van der Waals surface area (Å²) in [6.07, 6.45) is 6.37. The minimum Gasteiger partial charge on any atom is -0.377 e. The topological polar surface area (TPSA) is 193 Å². The molecule has 2 saturated heterocycles. The van der Waals surface area contributed by atoms with Gasteiger partial charge < -0.3 is 25.3 Å². The van der Waals surface area contributed by atoms with Gasteiger partial charge in [-0.15, -0.1) is 0 Å². The molecule has 0 unspecified atom stereocenters. The number of piperazine rings is 1. The summed E-state index contributed by atoms with van der Waals surface area (Å²) in [5.41, 5.74) is 7.12. The number of nitro groups is 1. The second kappa shape index (κ2) is 17.4. The van der Waals surface area contributed by atoms with Gasteiger partial charge in [-0.25, -0.2) is 22.8 Å². The van der Waals surface area contributed by atoms with Crippen molar-refractivity contribution in [1.82, 2.24) is 34.7 Å². The average Bonchev–Trinajstić information content (AvgIpc) is 3.92. The van der Waals surface area contributed by atoms with Crippen LogP contribution in [-0.4, -0.2) is 109 Å². The Morgan fingerprint density at radius 2 is 1.86 bits per heavy atom. The number of pyridine rings is 1. The molecule has 63 heavy (non-hydrogen) atoms. The maximum atomic E-state index is 14.2. The number of benzene rings is 3. The molecule has 3 aromatic heterocycles. The zero-order valence-corrected chi connectivity index (χ0v) is 36.6. The van der Waals surface area contributed by atoms with Crippen molar-refractivity contribution in [3.8, 4) is 5.69 Å². The number of carbonyl (C=O) groups excluding carboxylic acids is 1. The van der Waals surface area contributed by atoms with Crippen molar-refractivity contribution in [2.45, 2.75) is 44.1 Å². The average molecular weight is 893 g/mol. The second-order valence-electron chi connectivity index (χ2n) is 17.2. The molecule has 4 N–H and O–H groups in total. The Bertz CT molecular complexity index is 2840. The number of aromatic nitrogens is 4. The first-order valence-electron chi connectivity index (χ1n) is 21.1. The first-order valence-corrected chi connectivity index (χ1v) is 23.0. The summed E-state index contributed by atoms with van der Waals surface area (Å²) < 4.78 is 37.1. The third kappa shape index (κ3) is 9.15. The summed E-state index contributed by atoms with van der Waals surface area (Å²) >= 11 is 6.25. The fourth-order valence-electron chi connectivity index (χ4n) is 8.79. The van der Waals surface area contributed by atoms with Crippen molar-refractivity contribution in [2.24, 2.45) is 5.41 Å². The third-order valence-electron chi connectivity index (χ3n) is 12.3. The molecule has 3 aliphatic rings. The highest BCUT2D eigenvalue weighted by atomic mass is 35.5. The molecule has 18 heteroatoms. The summed E-state index contributed by atoms with van der Waals surface area (Å²) in [5.74, 6) is -0.923. The molecule has 1 aliphatic carbocycles. The Hall–Kier alpha value is -5.85. The number of hydrogen-bond acceptors (Lipinski definition) is 12. The molecule has 0 bridgehead atoms. The number of anilines is 2. The number of fused-ring (bicyclic) bond motifs is 2. The number of ether oxygens (including phenoxy) is 1. The van der Waals surface area contributed by atoms with Crippen LogP contribution in [0.3, 0.4) is 0 Å². The van der Waals surface area contributed by atoms with E-state index in [9.17, 15) is 23.3 Å². The molecule has 0 spiro atoms. The van der Waals surface area contributed by atoms with E-state index in [1.54, 1.807) is 23.1 Å². The van der Waals surface area contributed by atoms with Crippen LogP contribution < -0.4 is 20.3 Å². The van der Waals surface area contributed by atoms with E-state index in [0.29, 0.717) is 35.5 Å². The van der Waals surface area contributed by atoms with E-state index >= 15 is 0 Å². The van der Waals surface area contributed by atoms with Gasteiger partial charge in [-0.2, -0.15) is 5.10 Å². The van der Waals surface area contributed by atoms with Crippen molar-refractivity contribution in [1.29, 1.82) is 0 Å². The highest BCUT2D eigenvalue weighted by Crippen LogP contribution is 2.43. The number of morpholine rings is 1. The molecular weight excluding hydrogens is 844 g/mol. The van der Waals surface area contributed by atoms with Gasteiger partial charge >= 0.3 is 0 Å². The lowest BCUT2D eigenvalue weighted by molar-refractivity contribution is -0.384. The Morgan fingerprint density at radius 3 is 2.62 bits per heavy atom. The van der Waals surface area contributed by atoms with Gasteiger partial charge in [0.05, 0.1) is 45.5 Å². The van der Waals surface area contributed by atoms with E-state index in [1.807, 2.05) is 36.4 Å². The van der Waals surface area contributed by atoms with E-state index < -0.39 is 31.4 Å². The van der Waals surface area contributed by atoms with Gasteiger partial charge in [-0.05, 0) is 90.4 Å². The molecule has 16 nitrogen and oxygen atoms in total. The summed E-state index contributed by atoms with van der Waals surface area (Å²) in [5, 5.41) is 24.5. The Labute approximate surface area is 369 Å². The molecule has 328 valence electrons. The van der Waals surface area contributed by atoms with Crippen LogP contribution in [0.2, 0.25) is 5.02 Å². The van der Waals surface area contributed by atoms with Crippen LogP contribution >= 0.6 is 11.6 Å². The van der Waals surface area contributed by atoms with E-state index in [1.165, 1.54) is 28.8 Å². The van der Waals surface area contributed by atoms with Gasteiger partial charge in [0.2, 0.25) is 0 Å². The molecule has 3 aromatic carbocycles. The summed E-state index contributed by atoms with van der Waals surface area (Å²) in [6, 6.07) is 20.7. The monoisotopic (exact) mass is 892 g/mol. The van der Waals surface area contributed by atoms with Crippen molar-refractivity contribution in [3.05, 3.63) is 117 Å². The van der Waals surface area contributed by atoms with Crippen LogP contribution in [0.4, 0.5) is 17.1 Å². The lowest BCUT2D eigenvalue weighted by Crippen LogP contribution is -2.47. The molecule has 0 saturated carbocycles. The van der Waals surface area contributed by atoms with E-state index in [4.69, 9.17) is 21.3 Å². The SMILES string of the molecule is CC1(C)CCC(CN2CCN(c3ccc(C(=O)NS(=O)(=O)c4ccc(NC[C@@H]5CNCCO5)c([N+](=O)[O-])c4)c(-n4ncc5nc6[nH]ccc6cc54)c3)CC2)=C(c2ccc(Cl)cc2)C1. The number of hydrogen-bond donors (Lipinski definition) is 4. The maximum absolute atomic E-state index is 14.2. The number of nitro benzene ring substituents is 1. The highest BCUT2D eigenvalue weighted by molar-refractivity contribution is 7.90. The number of carbonyl (C=O) groups is 1. The predicted octanol–water partition coefficient (Wildman–Crippen LogP) is 6.77. The molecular formula is C45H49ClN10O6S. The van der Waals surface area contributed by atoms with Crippen molar-refractivity contribution in [2.75, 3.05) is 69.2 Å². The van der Waals surface area contributed by atoms with Gasteiger partial charge in [-0.1, -0.05) is 43.2 Å². The van der Waals surface area contributed by atoms with Crippen LogP contribution in [0.15, 0.2) is 95.7 Å². The van der Waals surface area contributed by atoms with E-state index in [0.717, 1.165) is 80.7 Å². The van der Waals surface area contributed by atoms with Crippen LogP contribution in [-0.2, 0) is 14.8 Å². The fourth-order valence-corrected chi connectivity index (χ4v) is 9.90. The number of nitrogens with one attached hydrogen (secondary N) is 4. The first-order chi connectivity index (χ1) is 30.3. The summed E-state index contributed by atoms with van der Waals surface area (Å²) in [6.45, 7) is 10.7. The minimum absolute atomic E-state index is 0.0379. The number of amides is 1. The molecule has 2 fully saturated rings. The van der Waals surface area contributed by atoms with Crippen LogP contribution in [0.1, 0.15) is 49.0 Å². The van der Waals surface area contributed by atoms with Gasteiger partial charge in [0, 0.05) is 80.7 Å². The van der Waals surface area contributed by atoms with Gasteiger partial charge in [0.1, 0.15) is 16.9 Å². The normalized spacial score (nSPS) is 18.5. The van der Waals surface area contributed by atoms with Gasteiger partial charge in [0.15, 0.2) is 0 Å². The fraction of sp³-hybridized carbons (Fsp3) is 0.356. The Kier molecular flexibility index (Phi) is 11.7. The number of rotatable bonds is 12. The molecule has 1 amide bonds. The lowest BCUT2D eigenvalue weighted by atomic mass is 9.72. The highest BCUT2D eigenvalue weighted by Gasteiger charge is 2.31. The maximum Gasteiger partial charge on any atom is 0.293 e. The number of H-pyrrole nitrogens is 1. The Morgan fingerprint density at radius 1 is 1.05 bits per heavy atom. The van der Waals surface area contributed by atoms with E-state index in [2.05, 4.69) is 61.2 Å². The van der Waals surface area contributed by atoms with Gasteiger partial charge in [-0.3, -0.25) is 19.8 Å². The first kappa shape index (κ1) is 42.5. The smallest absolute Gasteiger partial charge is 0.293 e. The van der Waals surface area contributed by atoms with E-state index in [-0.39, 0.29) is 29.3 Å². The number of aromatic amines is 1. The van der Waals surface area contributed by atoms with Crippen molar-refractivity contribution >= 4 is 72.2 Å². The molecule has 9 rings (SSSR count). The Balaban J connectivity index is 0.976. The zero-order chi connectivity index (χ0) is 43.9. The number of halogens is 1.